The average Bonchev–Trinajstić information content (AvgIpc) is 2.84. The second-order valence-electron chi connectivity index (χ2n) is 8.79. The maximum absolute atomic E-state index is 11.5. The molecule has 0 radical (unpaired) electrons. The number of carbonyl (C=O) groups excluding carboxylic acids is 2. The van der Waals surface area contributed by atoms with E-state index >= 15 is 0 Å². The van der Waals surface area contributed by atoms with Crippen LogP contribution in [-0.2, 0) is 18.9 Å². The van der Waals surface area contributed by atoms with Gasteiger partial charge in [-0.25, -0.2) is 9.59 Å². The maximum atomic E-state index is 11.5. The molecule has 7 nitrogen and oxygen atoms in total. The molecule has 1 atom stereocenters. The van der Waals surface area contributed by atoms with E-state index in [2.05, 4.69) is 17.0 Å². The second kappa shape index (κ2) is 26.4. The Kier molecular flexibility index (Phi) is 25.5. The summed E-state index contributed by atoms with van der Waals surface area (Å²) in [5.74, 6) is 0.291. The summed E-state index contributed by atoms with van der Waals surface area (Å²) in [4.78, 5) is 22.9. The Morgan fingerprint density at radius 1 is 0.765 bits per heavy atom. The number of carbonyl (C=O) groups is 2. The molecule has 1 amide bonds. The topological polar surface area (TPSA) is 83.1 Å². The number of amides is 1. The Labute approximate surface area is 212 Å². The number of ether oxygens (including phenoxy) is 4. The number of methoxy groups -OCH3 is 1. The van der Waals surface area contributed by atoms with Crippen molar-refractivity contribution in [2.24, 2.45) is 0 Å². The lowest BCUT2D eigenvalue weighted by Crippen LogP contribution is -2.33. The van der Waals surface area contributed by atoms with Gasteiger partial charge < -0.3 is 24.3 Å². The minimum absolute atomic E-state index is 0.109. The van der Waals surface area contributed by atoms with Crippen LogP contribution in [0.2, 0.25) is 0 Å². The van der Waals surface area contributed by atoms with Gasteiger partial charge >= 0.3 is 12.2 Å². The normalized spacial score (nSPS) is 11.7. The number of unbranched alkanes of at least 4 members (excludes halogenated alkanes) is 15. The lowest BCUT2D eigenvalue weighted by atomic mass is 10.0. The van der Waals surface area contributed by atoms with Crippen LogP contribution < -0.4 is 5.32 Å². The van der Waals surface area contributed by atoms with E-state index in [1.807, 2.05) is 0 Å². The molecule has 0 aliphatic heterocycles. The van der Waals surface area contributed by atoms with Crippen molar-refractivity contribution in [3.05, 3.63) is 0 Å². The predicted molar refractivity (Wildman–Crippen MR) is 138 cm³/mol. The third-order valence-corrected chi connectivity index (χ3v) is 5.83. The highest BCUT2D eigenvalue weighted by Crippen LogP contribution is 2.13. The van der Waals surface area contributed by atoms with Crippen molar-refractivity contribution < 1.29 is 28.5 Å². The van der Waals surface area contributed by atoms with Crippen molar-refractivity contribution >= 4 is 23.8 Å². The van der Waals surface area contributed by atoms with Gasteiger partial charge in [-0.1, -0.05) is 103 Å². The van der Waals surface area contributed by atoms with Gasteiger partial charge in [0.25, 0.3) is 0 Å². The summed E-state index contributed by atoms with van der Waals surface area (Å²) in [6.07, 6.45) is 19.0. The zero-order chi connectivity index (χ0) is 25.1. The van der Waals surface area contributed by atoms with Crippen molar-refractivity contribution in [2.75, 3.05) is 39.4 Å². The number of nitrogens with one attached hydrogen (secondary N) is 1. The van der Waals surface area contributed by atoms with E-state index in [-0.39, 0.29) is 13.2 Å². The first-order valence-electron chi connectivity index (χ1n) is 13.4. The molecule has 0 fully saturated rings. The standard InChI is InChI=1S/C26H50ClNO6/c1-3-4-5-6-7-8-9-10-11-12-13-14-15-16-17-18-21-32-22-24(34-26(30)31-2)23-33-25(29)28-20-19-27/h24H,3-23H2,1-2H3,(H,28,29)/t24-/m1/s1. The number of hydrogen-bond donors (Lipinski definition) is 1. The summed E-state index contributed by atoms with van der Waals surface area (Å²) in [7, 11) is 1.23. The van der Waals surface area contributed by atoms with Crippen LogP contribution in [0.5, 0.6) is 0 Å². The summed E-state index contributed by atoms with van der Waals surface area (Å²) < 4.78 is 20.2. The molecule has 0 spiro atoms. The zero-order valence-electron chi connectivity index (χ0n) is 21.8. The number of alkyl carbamates (subject to hydrolysis) is 1. The van der Waals surface area contributed by atoms with Gasteiger partial charge in [0.1, 0.15) is 6.61 Å². The lowest BCUT2D eigenvalue weighted by molar-refractivity contribution is -0.0342. The fourth-order valence-corrected chi connectivity index (χ4v) is 3.73. The number of halogens is 1. The minimum atomic E-state index is -0.833. The summed E-state index contributed by atoms with van der Waals surface area (Å²) in [5.41, 5.74) is 0. The molecule has 0 aromatic carbocycles. The van der Waals surface area contributed by atoms with E-state index in [0.29, 0.717) is 19.0 Å². The highest BCUT2D eigenvalue weighted by atomic mass is 35.5. The lowest BCUT2D eigenvalue weighted by Gasteiger charge is -2.17. The molecular weight excluding hydrogens is 458 g/mol. The van der Waals surface area contributed by atoms with Gasteiger partial charge in [-0.05, 0) is 6.42 Å². The number of rotatable bonds is 24. The molecule has 0 aliphatic rings. The van der Waals surface area contributed by atoms with Gasteiger partial charge in [0.15, 0.2) is 6.10 Å². The zero-order valence-corrected chi connectivity index (χ0v) is 22.5. The molecule has 0 saturated carbocycles. The van der Waals surface area contributed by atoms with Gasteiger partial charge in [-0.15, -0.1) is 11.6 Å². The van der Waals surface area contributed by atoms with E-state index in [1.165, 1.54) is 97.0 Å². The molecule has 34 heavy (non-hydrogen) atoms. The largest absolute Gasteiger partial charge is 0.508 e. The molecule has 8 heteroatoms. The van der Waals surface area contributed by atoms with Crippen molar-refractivity contribution in [2.45, 2.75) is 116 Å². The van der Waals surface area contributed by atoms with Crippen LogP contribution in [0.25, 0.3) is 0 Å². The molecular formula is C26H50ClNO6. The minimum Gasteiger partial charge on any atom is -0.446 e. The Balaban J connectivity index is 3.55. The molecule has 0 aliphatic carbocycles. The Bertz CT molecular complexity index is 467. The van der Waals surface area contributed by atoms with Gasteiger partial charge in [0.05, 0.1) is 13.7 Å². The van der Waals surface area contributed by atoms with Crippen molar-refractivity contribution in [1.82, 2.24) is 5.32 Å². The van der Waals surface area contributed by atoms with Gasteiger partial charge in [-0.2, -0.15) is 0 Å². The van der Waals surface area contributed by atoms with Crippen LogP contribution in [-0.4, -0.2) is 57.7 Å². The van der Waals surface area contributed by atoms with Crippen LogP contribution >= 0.6 is 11.6 Å². The first-order valence-corrected chi connectivity index (χ1v) is 14.0. The fourth-order valence-electron chi connectivity index (χ4n) is 3.64. The van der Waals surface area contributed by atoms with Crippen molar-refractivity contribution in [1.29, 1.82) is 0 Å². The van der Waals surface area contributed by atoms with E-state index in [4.69, 9.17) is 25.8 Å². The summed E-state index contributed by atoms with van der Waals surface area (Å²) in [6, 6.07) is 0. The Morgan fingerprint density at radius 2 is 1.26 bits per heavy atom. The highest BCUT2D eigenvalue weighted by molar-refractivity contribution is 6.18. The van der Waals surface area contributed by atoms with Crippen LogP contribution in [0.1, 0.15) is 110 Å². The van der Waals surface area contributed by atoms with Gasteiger partial charge in [0.2, 0.25) is 0 Å². The highest BCUT2D eigenvalue weighted by Gasteiger charge is 2.17. The average molecular weight is 508 g/mol. The molecule has 0 saturated heterocycles. The SMILES string of the molecule is CCCCCCCCCCCCCCCCCCOC[C@H](COC(=O)NCCCl)OC(=O)OC. The quantitative estimate of drug-likeness (QED) is 0.0833. The van der Waals surface area contributed by atoms with E-state index in [9.17, 15) is 9.59 Å². The molecule has 0 heterocycles. The van der Waals surface area contributed by atoms with Gasteiger partial charge in [-0.3, -0.25) is 0 Å². The molecule has 1 N–H and O–H groups in total. The fraction of sp³-hybridized carbons (Fsp3) is 0.923. The smallest absolute Gasteiger partial charge is 0.446 e. The van der Waals surface area contributed by atoms with Crippen LogP contribution in [0.15, 0.2) is 0 Å². The molecule has 0 unspecified atom stereocenters. The number of hydrogen-bond acceptors (Lipinski definition) is 6. The predicted octanol–water partition coefficient (Wildman–Crippen LogP) is 7.38. The second-order valence-corrected chi connectivity index (χ2v) is 9.16. The van der Waals surface area contributed by atoms with Crippen LogP contribution in [0.4, 0.5) is 9.59 Å². The molecule has 0 aromatic heterocycles. The molecule has 0 bridgehead atoms. The number of alkyl halides is 1. The Morgan fingerprint density at radius 3 is 1.74 bits per heavy atom. The van der Waals surface area contributed by atoms with Gasteiger partial charge in [0, 0.05) is 19.0 Å². The summed E-state index contributed by atoms with van der Waals surface area (Å²) >= 11 is 5.51. The van der Waals surface area contributed by atoms with E-state index in [0.717, 1.165) is 12.8 Å². The van der Waals surface area contributed by atoms with Crippen LogP contribution in [0.3, 0.4) is 0 Å². The van der Waals surface area contributed by atoms with E-state index in [1.54, 1.807) is 0 Å². The monoisotopic (exact) mass is 507 g/mol. The molecule has 202 valence electrons. The third kappa shape index (κ3) is 23.9. The molecule has 0 rings (SSSR count). The third-order valence-electron chi connectivity index (χ3n) is 5.64. The van der Waals surface area contributed by atoms with E-state index < -0.39 is 18.4 Å². The maximum Gasteiger partial charge on any atom is 0.508 e. The summed E-state index contributed by atoms with van der Waals surface area (Å²) in [6.45, 7) is 3.19. The Hall–Kier alpha value is -1.21. The first-order chi connectivity index (χ1) is 16.6. The van der Waals surface area contributed by atoms with Crippen molar-refractivity contribution in [3.63, 3.8) is 0 Å². The van der Waals surface area contributed by atoms with Crippen LogP contribution in [0, 0.1) is 0 Å². The van der Waals surface area contributed by atoms with Crippen molar-refractivity contribution in [3.8, 4) is 0 Å². The molecule has 0 aromatic rings. The summed E-state index contributed by atoms with van der Waals surface area (Å²) in [5, 5.41) is 2.48. The first kappa shape index (κ1) is 32.8.